The number of rotatable bonds is 5. The number of nitriles is 1. The Labute approximate surface area is 108 Å². The van der Waals surface area contributed by atoms with Crippen molar-refractivity contribution in [2.75, 3.05) is 13.2 Å². The smallest absolute Gasteiger partial charge is 0.157 e. The fourth-order valence-corrected chi connectivity index (χ4v) is 2.11. The summed E-state index contributed by atoms with van der Waals surface area (Å²) in [6.45, 7) is 1.23. The van der Waals surface area contributed by atoms with E-state index in [1.165, 1.54) is 5.56 Å². The molecule has 0 bridgehead atoms. The third-order valence-corrected chi connectivity index (χ3v) is 3.13. The van der Waals surface area contributed by atoms with Crippen LogP contribution in [0.15, 0.2) is 30.3 Å². The van der Waals surface area contributed by atoms with E-state index >= 15 is 0 Å². The van der Waals surface area contributed by atoms with Crippen LogP contribution in [0.5, 0.6) is 0 Å². The van der Waals surface area contributed by atoms with Gasteiger partial charge in [-0.3, -0.25) is 0 Å². The van der Waals surface area contributed by atoms with Crippen LogP contribution in [-0.2, 0) is 15.9 Å². The van der Waals surface area contributed by atoms with Gasteiger partial charge in [0.25, 0.3) is 0 Å². The van der Waals surface area contributed by atoms with E-state index in [1.54, 1.807) is 0 Å². The molecule has 18 heavy (non-hydrogen) atoms. The summed E-state index contributed by atoms with van der Waals surface area (Å²) in [5.74, 6) is -0.0991. The Bertz CT molecular complexity index is 379. The van der Waals surface area contributed by atoms with Gasteiger partial charge in [0, 0.05) is 6.61 Å². The molecule has 3 nitrogen and oxygen atoms in total. The molecule has 1 fully saturated rings. The van der Waals surface area contributed by atoms with Gasteiger partial charge < -0.3 is 9.47 Å². The number of ether oxygens (including phenoxy) is 2. The first-order valence-corrected chi connectivity index (χ1v) is 6.55. The van der Waals surface area contributed by atoms with Gasteiger partial charge in [-0.2, -0.15) is 5.26 Å². The lowest BCUT2D eigenvalue weighted by Crippen LogP contribution is -2.25. The minimum absolute atomic E-state index is 0.0991. The highest BCUT2D eigenvalue weighted by atomic mass is 16.7. The molecule has 1 aromatic rings. The third-order valence-electron chi connectivity index (χ3n) is 3.13. The molecular weight excluding hydrogens is 226 g/mol. The molecule has 1 aliphatic heterocycles. The van der Waals surface area contributed by atoms with Crippen LogP contribution in [0.4, 0.5) is 0 Å². The summed E-state index contributed by atoms with van der Waals surface area (Å²) in [6.07, 6.45) is 3.85. The summed E-state index contributed by atoms with van der Waals surface area (Å²) in [4.78, 5) is 0. The van der Waals surface area contributed by atoms with Crippen molar-refractivity contribution in [3.63, 3.8) is 0 Å². The Balaban J connectivity index is 1.77. The van der Waals surface area contributed by atoms with Crippen LogP contribution in [0.1, 0.15) is 24.8 Å². The molecular formula is C15H19NO2. The Morgan fingerprint density at radius 1 is 1.33 bits per heavy atom. The Kier molecular flexibility index (Phi) is 5.19. The van der Waals surface area contributed by atoms with E-state index < -0.39 is 0 Å². The zero-order valence-electron chi connectivity index (χ0n) is 10.5. The largest absolute Gasteiger partial charge is 0.353 e. The number of hydrogen-bond acceptors (Lipinski definition) is 3. The van der Waals surface area contributed by atoms with E-state index in [0.717, 1.165) is 32.3 Å². The van der Waals surface area contributed by atoms with Crippen LogP contribution in [0.3, 0.4) is 0 Å². The number of nitrogens with zero attached hydrogens (tertiary/aromatic N) is 1. The Morgan fingerprint density at radius 2 is 2.17 bits per heavy atom. The SMILES string of the molecule is N#C[C@H](COC1CCCCO1)Cc1ccccc1. The van der Waals surface area contributed by atoms with Crippen LogP contribution in [-0.4, -0.2) is 19.5 Å². The molecule has 1 heterocycles. The summed E-state index contributed by atoms with van der Waals surface area (Å²) in [7, 11) is 0. The molecule has 0 spiro atoms. The van der Waals surface area contributed by atoms with Crippen molar-refractivity contribution in [1.82, 2.24) is 0 Å². The number of benzene rings is 1. The van der Waals surface area contributed by atoms with Gasteiger partial charge in [-0.05, 0) is 31.2 Å². The van der Waals surface area contributed by atoms with Crippen LogP contribution in [0.25, 0.3) is 0 Å². The van der Waals surface area contributed by atoms with Crippen LogP contribution < -0.4 is 0 Å². The van der Waals surface area contributed by atoms with Crippen LogP contribution in [0, 0.1) is 17.2 Å². The normalized spacial score (nSPS) is 21.2. The van der Waals surface area contributed by atoms with Gasteiger partial charge in [-0.1, -0.05) is 30.3 Å². The predicted molar refractivity (Wildman–Crippen MR) is 68.8 cm³/mol. The van der Waals surface area contributed by atoms with Crippen molar-refractivity contribution in [2.45, 2.75) is 32.0 Å². The quantitative estimate of drug-likeness (QED) is 0.801. The first kappa shape index (κ1) is 13.1. The lowest BCUT2D eigenvalue weighted by Gasteiger charge is -2.23. The highest BCUT2D eigenvalue weighted by Gasteiger charge is 2.17. The van der Waals surface area contributed by atoms with E-state index in [0.29, 0.717) is 6.61 Å². The number of hydrogen-bond donors (Lipinski definition) is 0. The summed E-state index contributed by atoms with van der Waals surface area (Å²) < 4.78 is 11.2. The topological polar surface area (TPSA) is 42.2 Å². The van der Waals surface area contributed by atoms with Gasteiger partial charge in [-0.25, -0.2) is 0 Å². The van der Waals surface area contributed by atoms with E-state index in [4.69, 9.17) is 14.7 Å². The zero-order chi connectivity index (χ0) is 12.6. The van der Waals surface area contributed by atoms with Gasteiger partial charge in [-0.15, -0.1) is 0 Å². The first-order valence-electron chi connectivity index (χ1n) is 6.55. The highest BCUT2D eigenvalue weighted by molar-refractivity contribution is 5.16. The Morgan fingerprint density at radius 3 is 2.83 bits per heavy atom. The molecule has 1 aromatic carbocycles. The fourth-order valence-electron chi connectivity index (χ4n) is 2.11. The summed E-state index contributed by atoms with van der Waals surface area (Å²) in [5, 5.41) is 9.15. The minimum Gasteiger partial charge on any atom is -0.353 e. The van der Waals surface area contributed by atoms with Crippen LogP contribution in [0.2, 0.25) is 0 Å². The average molecular weight is 245 g/mol. The van der Waals surface area contributed by atoms with Crippen molar-refractivity contribution in [3.8, 4) is 6.07 Å². The molecule has 0 aliphatic carbocycles. The molecule has 2 atom stereocenters. The molecule has 1 unspecified atom stereocenters. The molecule has 0 aromatic heterocycles. The molecule has 0 saturated carbocycles. The molecule has 0 N–H and O–H groups in total. The lowest BCUT2D eigenvalue weighted by atomic mass is 10.0. The summed E-state index contributed by atoms with van der Waals surface area (Å²) >= 11 is 0. The molecule has 1 aliphatic rings. The second-order valence-electron chi connectivity index (χ2n) is 4.65. The van der Waals surface area contributed by atoms with Gasteiger partial charge in [0.2, 0.25) is 0 Å². The standard InChI is InChI=1S/C15H19NO2/c16-11-14(10-13-6-2-1-3-7-13)12-18-15-8-4-5-9-17-15/h1-3,6-7,14-15H,4-5,8-10,12H2/t14-,15?/m1/s1. The Hall–Kier alpha value is -1.37. The maximum Gasteiger partial charge on any atom is 0.157 e. The third kappa shape index (κ3) is 4.14. The second-order valence-corrected chi connectivity index (χ2v) is 4.65. The van der Waals surface area contributed by atoms with Gasteiger partial charge in [0.05, 0.1) is 18.6 Å². The maximum atomic E-state index is 9.15. The predicted octanol–water partition coefficient (Wildman–Crippen LogP) is 2.91. The van der Waals surface area contributed by atoms with Gasteiger partial charge in [0.1, 0.15) is 0 Å². The highest BCUT2D eigenvalue weighted by Crippen LogP contribution is 2.16. The van der Waals surface area contributed by atoms with Crippen molar-refractivity contribution < 1.29 is 9.47 Å². The van der Waals surface area contributed by atoms with Crippen molar-refractivity contribution in [1.29, 1.82) is 5.26 Å². The zero-order valence-corrected chi connectivity index (χ0v) is 10.5. The first-order chi connectivity index (χ1) is 8.88. The minimum atomic E-state index is -0.106. The van der Waals surface area contributed by atoms with Gasteiger partial charge >= 0.3 is 0 Å². The van der Waals surface area contributed by atoms with Gasteiger partial charge in [0.15, 0.2) is 6.29 Å². The lowest BCUT2D eigenvalue weighted by molar-refractivity contribution is -0.166. The van der Waals surface area contributed by atoms with Crippen molar-refractivity contribution >= 4 is 0 Å². The van der Waals surface area contributed by atoms with E-state index in [9.17, 15) is 0 Å². The van der Waals surface area contributed by atoms with E-state index in [2.05, 4.69) is 6.07 Å². The molecule has 0 radical (unpaired) electrons. The second kappa shape index (κ2) is 7.15. The van der Waals surface area contributed by atoms with Crippen molar-refractivity contribution in [3.05, 3.63) is 35.9 Å². The molecule has 96 valence electrons. The summed E-state index contributed by atoms with van der Waals surface area (Å²) in [5.41, 5.74) is 1.18. The molecule has 1 saturated heterocycles. The summed E-state index contributed by atoms with van der Waals surface area (Å²) in [6, 6.07) is 12.4. The molecule has 2 rings (SSSR count). The molecule has 3 heteroatoms. The van der Waals surface area contributed by atoms with E-state index in [1.807, 2.05) is 30.3 Å². The molecule has 0 amide bonds. The van der Waals surface area contributed by atoms with Crippen molar-refractivity contribution in [2.24, 2.45) is 5.92 Å². The average Bonchev–Trinajstić information content (AvgIpc) is 2.45. The fraction of sp³-hybridized carbons (Fsp3) is 0.533. The van der Waals surface area contributed by atoms with Crippen LogP contribution >= 0.6 is 0 Å². The monoisotopic (exact) mass is 245 g/mol. The van der Waals surface area contributed by atoms with E-state index in [-0.39, 0.29) is 12.2 Å². The maximum absolute atomic E-state index is 9.15.